The van der Waals surface area contributed by atoms with Crippen molar-refractivity contribution in [1.29, 1.82) is 0 Å². The minimum Gasteiger partial charge on any atom is -0.375 e. The predicted octanol–water partition coefficient (Wildman–Crippen LogP) is 2.96. The highest BCUT2D eigenvalue weighted by molar-refractivity contribution is 7.83. The zero-order chi connectivity index (χ0) is 31.2. The maximum absolute atomic E-state index is 13.4. The van der Waals surface area contributed by atoms with E-state index < -0.39 is 51.4 Å². The molecule has 0 saturated carbocycles. The average Bonchev–Trinajstić information content (AvgIpc) is 2.88. The maximum Gasteiger partial charge on any atom is 0.423 e. The van der Waals surface area contributed by atoms with Crippen LogP contribution in [0, 0.1) is 6.92 Å². The van der Waals surface area contributed by atoms with Crippen molar-refractivity contribution in [3.8, 4) is 0 Å². The number of alkyl halides is 6. The van der Waals surface area contributed by atoms with E-state index in [9.17, 15) is 40.7 Å². The molecule has 0 unspecified atom stereocenters. The highest BCUT2D eigenvalue weighted by Gasteiger charge is 2.53. The van der Waals surface area contributed by atoms with E-state index in [0.717, 1.165) is 11.1 Å². The number of carbonyl (C=O) groups is 2. The zero-order valence-corrected chi connectivity index (χ0v) is 23.3. The van der Waals surface area contributed by atoms with Gasteiger partial charge in [0.2, 0.25) is 5.91 Å². The second-order valence-corrected chi connectivity index (χ2v) is 10.5. The average molecular weight is 622 g/mol. The lowest BCUT2D eigenvalue weighted by molar-refractivity contribution is -0.139. The Hall–Kier alpha value is -3.67. The van der Waals surface area contributed by atoms with Gasteiger partial charge in [0, 0.05) is 32.0 Å². The van der Waals surface area contributed by atoms with Gasteiger partial charge >= 0.3 is 12.4 Å². The van der Waals surface area contributed by atoms with Crippen molar-refractivity contribution in [3.05, 3.63) is 39.4 Å². The minimum atomic E-state index is -4.95. The van der Waals surface area contributed by atoms with Crippen LogP contribution in [0.15, 0.2) is 22.2 Å². The Kier molecular flexibility index (Phi) is 8.34. The van der Waals surface area contributed by atoms with Crippen LogP contribution >= 0.6 is 12.6 Å². The van der Waals surface area contributed by atoms with Gasteiger partial charge in [-0.1, -0.05) is 0 Å². The molecule has 18 heteroatoms. The number of hydrogen-bond acceptors (Lipinski definition) is 9. The van der Waals surface area contributed by atoms with Crippen LogP contribution in [0.25, 0.3) is 0 Å². The molecule has 2 aromatic heterocycles. The van der Waals surface area contributed by atoms with Crippen LogP contribution in [0.5, 0.6) is 0 Å². The van der Waals surface area contributed by atoms with E-state index in [1.165, 1.54) is 30.7 Å². The molecule has 42 heavy (non-hydrogen) atoms. The molecule has 1 atom stereocenters. The molecule has 0 aromatic carbocycles. The first-order valence-electron chi connectivity index (χ1n) is 12.4. The first-order chi connectivity index (χ1) is 19.5. The van der Waals surface area contributed by atoms with E-state index in [1.807, 2.05) is 0 Å². The molecule has 1 saturated heterocycles. The van der Waals surface area contributed by atoms with Crippen LogP contribution < -0.4 is 15.4 Å². The first kappa shape index (κ1) is 31.3. The summed E-state index contributed by atoms with van der Waals surface area (Å²) in [5.74, 6) is -0.892. The van der Waals surface area contributed by atoms with E-state index in [4.69, 9.17) is 4.74 Å². The number of thiol groups is 1. The number of aromatic nitrogens is 3. The van der Waals surface area contributed by atoms with Gasteiger partial charge in [-0.3, -0.25) is 19.4 Å². The number of pyridine rings is 1. The zero-order valence-electron chi connectivity index (χ0n) is 22.4. The van der Waals surface area contributed by atoms with Gasteiger partial charge in [0.05, 0.1) is 43.6 Å². The third-order valence-electron chi connectivity index (χ3n) is 6.84. The van der Waals surface area contributed by atoms with E-state index in [2.05, 4.69) is 27.7 Å². The van der Waals surface area contributed by atoms with Crippen LogP contribution in [0.1, 0.15) is 30.0 Å². The van der Waals surface area contributed by atoms with Gasteiger partial charge in [-0.25, -0.2) is 10.1 Å². The molecule has 4 heterocycles. The van der Waals surface area contributed by atoms with Gasteiger partial charge in [0.15, 0.2) is 10.7 Å². The van der Waals surface area contributed by atoms with Gasteiger partial charge in [0.1, 0.15) is 11.3 Å². The molecule has 2 aliphatic heterocycles. The van der Waals surface area contributed by atoms with Crippen LogP contribution in [0.4, 0.5) is 43.5 Å². The second-order valence-electron chi connectivity index (χ2n) is 9.72. The number of likely N-dealkylation sites (N-methyl/N-ethyl adjacent to an activating group) is 1. The summed E-state index contributed by atoms with van der Waals surface area (Å²) >= 11 is 4.57. The fraction of sp³-hybridized carbons (Fsp3) is 0.500. The molecule has 11 nitrogen and oxygen atoms in total. The number of anilines is 2. The Labute approximate surface area is 239 Å². The van der Waals surface area contributed by atoms with Gasteiger partial charge in [0.25, 0.3) is 11.5 Å². The minimum absolute atomic E-state index is 0.0166. The summed E-state index contributed by atoms with van der Waals surface area (Å²) in [4.78, 5) is 47.9. The number of aliphatic imine (C=N–C) groups is 1. The highest BCUT2D eigenvalue weighted by atomic mass is 32.1. The van der Waals surface area contributed by atoms with Crippen molar-refractivity contribution in [2.24, 2.45) is 4.99 Å². The van der Waals surface area contributed by atoms with Crippen LogP contribution in [-0.4, -0.2) is 82.4 Å². The molecule has 0 aliphatic carbocycles. The lowest BCUT2D eigenvalue weighted by Gasteiger charge is -2.52. The number of fused-ring (bicyclic) bond motifs is 3. The topological polar surface area (TPSA) is 124 Å². The van der Waals surface area contributed by atoms with Gasteiger partial charge < -0.3 is 19.4 Å². The number of carbonyl (C=O) groups excluding carboxylic acids is 2. The number of amides is 2. The van der Waals surface area contributed by atoms with Crippen LogP contribution in [-0.2, 0) is 26.7 Å². The lowest BCUT2D eigenvalue weighted by Crippen LogP contribution is -2.69. The number of piperazine rings is 1. The number of aromatic amines is 1. The van der Waals surface area contributed by atoms with Crippen molar-refractivity contribution in [2.45, 2.75) is 37.5 Å². The quantitative estimate of drug-likeness (QED) is 0.220. The molecule has 0 bridgehead atoms. The number of ether oxygens (including phenoxy) is 1. The Morgan fingerprint density at radius 1 is 1.17 bits per heavy atom. The molecular weight excluding hydrogens is 596 g/mol. The molecule has 2 amide bonds. The Morgan fingerprint density at radius 2 is 1.86 bits per heavy atom. The molecule has 228 valence electrons. The van der Waals surface area contributed by atoms with E-state index >= 15 is 0 Å². The lowest BCUT2D eigenvalue weighted by atomic mass is 10.0. The summed E-state index contributed by atoms with van der Waals surface area (Å²) in [7, 11) is 1.32. The van der Waals surface area contributed by atoms with Crippen LogP contribution in [0.3, 0.4) is 0 Å². The van der Waals surface area contributed by atoms with Crippen LogP contribution in [0.2, 0.25) is 0 Å². The molecule has 1 fully saturated rings. The van der Waals surface area contributed by atoms with E-state index in [1.54, 1.807) is 5.10 Å². The third kappa shape index (κ3) is 5.81. The summed E-state index contributed by atoms with van der Waals surface area (Å²) in [5.41, 5.74) is -4.62. The fourth-order valence-corrected chi connectivity index (χ4v) is 5.39. The smallest absolute Gasteiger partial charge is 0.375 e. The summed E-state index contributed by atoms with van der Waals surface area (Å²) in [6.07, 6.45) is -8.28. The molecule has 2 aromatic rings. The number of H-pyrrole nitrogens is 1. The number of hydrogen-bond donors (Lipinski definition) is 2. The van der Waals surface area contributed by atoms with Gasteiger partial charge in [-0.05, 0) is 19.4 Å². The largest absolute Gasteiger partial charge is 0.423 e. The van der Waals surface area contributed by atoms with Gasteiger partial charge in [-0.15, -0.1) is 12.6 Å². The van der Waals surface area contributed by atoms with Crippen molar-refractivity contribution in [3.63, 3.8) is 0 Å². The van der Waals surface area contributed by atoms with Gasteiger partial charge in [-0.2, -0.15) is 31.4 Å². The molecule has 1 N–H and O–H groups in total. The molecule has 0 spiro atoms. The molecule has 4 rings (SSSR count). The fourth-order valence-electron chi connectivity index (χ4n) is 4.87. The summed E-state index contributed by atoms with van der Waals surface area (Å²) in [6.45, 7) is 2.26. The summed E-state index contributed by atoms with van der Waals surface area (Å²) < 4.78 is 85.3. The van der Waals surface area contributed by atoms with Crippen molar-refractivity contribution >= 4 is 47.3 Å². The second kappa shape index (κ2) is 11.2. The maximum atomic E-state index is 13.4. The Morgan fingerprint density at radius 3 is 2.50 bits per heavy atom. The number of rotatable bonds is 6. The summed E-state index contributed by atoms with van der Waals surface area (Å²) in [6, 6.07) is 0. The van der Waals surface area contributed by atoms with Crippen molar-refractivity contribution in [2.75, 3.05) is 49.7 Å². The highest BCUT2D eigenvalue weighted by Crippen LogP contribution is 2.46. The number of halogens is 6. The number of nitrogens with one attached hydrogen (secondary N) is 1. The van der Waals surface area contributed by atoms with Crippen molar-refractivity contribution < 1.29 is 40.7 Å². The molecular formula is C24H25F6N7O4S. The van der Waals surface area contributed by atoms with E-state index in [0.29, 0.717) is 6.20 Å². The normalized spacial score (nSPS) is 19.6. The Balaban J connectivity index is 1.40. The van der Waals surface area contributed by atoms with E-state index in [-0.39, 0.29) is 62.0 Å². The summed E-state index contributed by atoms with van der Waals surface area (Å²) in [5, 5.41) is 5.05. The van der Waals surface area contributed by atoms with Crippen molar-refractivity contribution in [1.82, 2.24) is 20.1 Å². The monoisotopic (exact) mass is 621 g/mol. The predicted molar refractivity (Wildman–Crippen MR) is 141 cm³/mol. The standard InChI is InChI=1S/C24H25F6N7O4S/c1-12(33-15-9-32-34-20(39)17(15)24(28,29)30)10-41-7-4-16(38)36-5-6-37-19-18(35(3)21(40)22(37,42)11-36)13(2)14(8-31-19)23(25,26)27/h8-9,42H,4-7,10-11H2,1-3H3,(H,34,39)/b33-12-/t22-/m0/s1. The number of nitrogens with zero attached hydrogens (tertiary/aromatic N) is 6. The SMILES string of the molecule is C/C(COCCC(=O)N1CCN2c3ncc(C(F)(F)F)c(C)c3N(C)C(=O)[C@@]2(S)C1)=N/c1cn[nH]c(=O)c1C(F)(F)F. The molecule has 2 aliphatic rings. The third-order valence-corrected chi connectivity index (χ3v) is 7.41. The molecule has 0 radical (unpaired) electrons. The Bertz CT molecular complexity index is 1500. The first-order valence-corrected chi connectivity index (χ1v) is 12.8.